The third kappa shape index (κ3) is 3.46. The zero-order valence-electron chi connectivity index (χ0n) is 14.2. The molecule has 0 unspecified atom stereocenters. The lowest BCUT2D eigenvalue weighted by Crippen LogP contribution is -2.27. The number of nitrogens with zero attached hydrogens (tertiary/aromatic N) is 1. The molecule has 3 N–H and O–H groups in total. The van der Waals surface area contributed by atoms with Gasteiger partial charge in [-0.15, -0.1) is 12.4 Å². The van der Waals surface area contributed by atoms with E-state index in [0.717, 1.165) is 36.3 Å². The van der Waals surface area contributed by atoms with E-state index in [1.807, 2.05) is 42.5 Å². The lowest BCUT2D eigenvalue weighted by Gasteiger charge is -2.21. The SMILES string of the molecule is Cl.O=C(Nc1cccc(N2CCNC2=O)c1)c1cccc2c1CCCN2. The predicted molar refractivity (Wildman–Crippen MR) is 106 cm³/mol. The summed E-state index contributed by atoms with van der Waals surface area (Å²) in [6, 6.07) is 13.0. The molecule has 26 heavy (non-hydrogen) atoms. The van der Waals surface area contributed by atoms with Gasteiger partial charge in [0.25, 0.3) is 5.91 Å². The summed E-state index contributed by atoms with van der Waals surface area (Å²) in [5.41, 5.74) is 4.28. The van der Waals surface area contributed by atoms with Gasteiger partial charge in [-0.25, -0.2) is 4.79 Å². The first-order valence-corrected chi connectivity index (χ1v) is 8.55. The fraction of sp³-hybridized carbons (Fsp3) is 0.263. The molecule has 0 aromatic heterocycles. The minimum atomic E-state index is -0.122. The Morgan fingerprint density at radius 2 is 1.92 bits per heavy atom. The maximum atomic E-state index is 12.8. The summed E-state index contributed by atoms with van der Waals surface area (Å²) in [5.74, 6) is -0.122. The fourth-order valence-corrected chi connectivity index (χ4v) is 3.39. The van der Waals surface area contributed by atoms with E-state index >= 15 is 0 Å². The summed E-state index contributed by atoms with van der Waals surface area (Å²) in [5, 5.41) is 9.08. The Morgan fingerprint density at radius 3 is 2.73 bits per heavy atom. The van der Waals surface area contributed by atoms with Crippen LogP contribution in [0.1, 0.15) is 22.3 Å². The molecule has 0 atom stereocenters. The number of anilines is 3. The van der Waals surface area contributed by atoms with Crippen LogP contribution in [0.25, 0.3) is 0 Å². The number of hydrogen-bond donors (Lipinski definition) is 3. The van der Waals surface area contributed by atoms with Crippen molar-refractivity contribution in [1.82, 2.24) is 5.32 Å². The van der Waals surface area contributed by atoms with Crippen LogP contribution in [0, 0.1) is 0 Å². The summed E-state index contributed by atoms with van der Waals surface area (Å²) in [4.78, 5) is 26.2. The van der Waals surface area contributed by atoms with Crippen LogP contribution in [0.3, 0.4) is 0 Å². The molecular weight excluding hydrogens is 352 g/mol. The lowest BCUT2D eigenvalue weighted by molar-refractivity contribution is 0.102. The Morgan fingerprint density at radius 1 is 1.08 bits per heavy atom. The minimum absolute atomic E-state index is 0. The van der Waals surface area contributed by atoms with E-state index in [-0.39, 0.29) is 24.3 Å². The molecule has 2 heterocycles. The topological polar surface area (TPSA) is 73.5 Å². The van der Waals surface area contributed by atoms with Gasteiger partial charge in [0.1, 0.15) is 0 Å². The standard InChI is InChI=1S/C19H20N4O2.ClH/c24-18(16-6-2-8-17-15(16)7-3-9-20-17)22-13-4-1-5-14(12-13)23-11-10-21-19(23)25;/h1-2,4-6,8,12,20H,3,7,9-11H2,(H,21,25)(H,22,24);1H. The van der Waals surface area contributed by atoms with Gasteiger partial charge < -0.3 is 16.0 Å². The first kappa shape index (κ1) is 18.1. The molecule has 3 amide bonds. The molecule has 6 nitrogen and oxygen atoms in total. The highest BCUT2D eigenvalue weighted by Gasteiger charge is 2.22. The van der Waals surface area contributed by atoms with Crippen molar-refractivity contribution in [1.29, 1.82) is 0 Å². The Kier molecular flexibility index (Phi) is 5.32. The Hall–Kier alpha value is -2.73. The number of hydrogen-bond acceptors (Lipinski definition) is 3. The van der Waals surface area contributed by atoms with Crippen molar-refractivity contribution in [3.8, 4) is 0 Å². The number of carbonyl (C=O) groups is 2. The van der Waals surface area contributed by atoms with Crippen LogP contribution in [-0.2, 0) is 6.42 Å². The number of urea groups is 1. The first-order valence-electron chi connectivity index (χ1n) is 8.55. The summed E-state index contributed by atoms with van der Waals surface area (Å²) < 4.78 is 0. The fourth-order valence-electron chi connectivity index (χ4n) is 3.39. The molecule has 1 saturated heterocycles. The second kappa shape index (κ2) is 7.66. The van der Waals surface area contributed by atoms with Gasteiger partial charge in [0.05, 0.1) is 0 Å². The number of nitrogens with one attached hydrogen (secondary N) is 3. The smallest absolute Gasteiger partial charge is 0.321 e. The molecule has 2 aliphatic heterocycles. The van der Waals surface area contributed by atoms with Crippen LogP contribution in [0.5, 0.6) is 0 Å². The molecule has 136 valence electrons. The third-order valence-corrected chi connectivity index (χ3v) is 4.61. The number of amides is 3. The molecule has 0 spiro atoms. The van der Waals surface area contributed by atoms with Gasteiger partial charge in [-0.05, 0) is 48.7 Å². The molecule has 0 saturated carbocycles. The van der Waals surface area contributed by atoms with Crippen molar-refractivity contribution in [3.05, 3.63) is 53.6 Å². The molecule has 7 heteroatoms. The first-order chi connectivity index (χ1) is 12.2. The van der Waals surface area contributed by atoms with E-state index < -0.39 is 0 Å². The molecule has 0 radical (unpaired) electrons. The quantitative estimate of drug-likeness (QED) is 0.774. The second-order valence-corrected chi connectivity index (χ2v) is 6.25. The molecule has 1 fully saturated rings. The van der Waals surface area contributed by atoms with Gasteiger partial charge in [-0.2, -0.15) is 0 Å². The molecule has 2 aromatic rings. The van der Waals surface area contributed by atoms with E-state index in [4.69, 9.17) is 0 Å². The number of benzene rings is 2. The normalized spacial score (nSPS) is 15.4. The number of halogens is 1. The number of rotatable bonds is 3. The van der Waals surface area contributed by atoms with Crippen molar-refractivity contribution in [2.24, 2.45) is 0 Å². The van der Waals surface area contributed by atoms with Crippen LogP contribution >= 0.6 is 12.4 Å². The van der Waals surface area contributed by atoms with Gasteiger partial charge in [0, 0.05) is 42.3 Å². The monoisotopic (exact) mass is 372 g/mol. The highest BCUT2D eigenvalue weighted by atomic mass is 35.5. The number of fused-ring (bicyclic) bond motifs is 1. The zero-order chi connectivity index (χ0) is 17.2. The average Bonchev–Trinajstić information content (AvgIpc) is 3.07. The predicted octanol–water partition coefficient (Wildman–Crippen LogP) is 3.25. The van der Waals surface area contributed by atoms with Gasteiger partial charge >= 0.3 is 6.03 Å². The second-order valence-electron chi connectivity index (χ2n) is 6.25. The summed E-state index contributed by atoms with van der Waals surface area (Å²) in [6.07, 6.45) is 1.93. The van der Waals surface area contributed by atoms with Gasteiger partial charge in [-0.3, -0.25) is 9.69 Å². The van der Waals surface area contributed by atoms with Gasteiger partial charge in [0.15, 0.2) is 0 Å². The largest absolute Gasteiger partial charge is 0.385 e. The molecule has 2 aromatic carbocycles. The van der Waals surface area contributed by atoms with Crippen LogP contribution in [0.2, 0.25) is 0 Å². The molecule has 0 aliphatic carbocycles. The molecule has 2 aliphatic rings. The molecule has 4 rings (SSSR count). The van der Waals surface area contributed by atoms with Gasteiger partial charge in [-0.1, -0.05) is 12.1 Å². The van der Waals surface area contributed by atoms with E-state index in [9.17, 15) is 9.59 Å². The maximum absolute atomic E-state index is 12.8. The van der Waals surface area contributed by atoms with Crippen LogP contribution in [0.15, 0.2) is 42.5 Å². The van der Waals surface area contributed by atoms with Crippen LogP contribution in [-0.4, -0.2) is 31.6 Å². The van der Waals surface area contributed by atoms with Crippen LogP contribution < -0.4 is 20.9 Å². The van der Waals surface area contributed by atoms with E-state index in [2.05, 4.69) is 16.0 Å². The van der Waals surface area contributed by atoms with Crippen molar-refractivity contribution in [2.45, 2.75) is 12.8 Å². The van der Waals surface area contributed by atoms with Crippen molar-refractivity contribution >= 4 is 41.4 Å². The van der Waals surface area contributed by atoms with Crippen molar-refractivity contribution in [2.75, 3.05) is 35.2 Å². The van der Waals surface area contributed by atoms with Crippen molar-refractivity contribution in [3.63, 3.8) is 0 Å². The Balaban J connectivity index is 0.00000196. The maximum Gasteiger partial charge on any atom is 0.321 e. The molecular formula is C19H21ClN4O2. The average molecular weight is 373 g/mol. The zero-order valence-corrected chi connectivity index (χ0v) is 15.1. The van der Waals surface area contributed by atoms with Crippen molar-refractivity contribution < 1.29 is 9.59 Å². The summed E-state index contributed by atoms with van der Waals surface area (Å²) >= 11 is 0. The minimum Gasteiger partial charge on any atom is -0.385 e. The van der Waals surface area contributed by atoms with Crippen LogP contribution in [0.4, 0.5) is 21.9 Å². The van der Waals surface area contributed by atoms with E-state index in [1.54, 1.807) is 4.90 Å². The van der Waals surface area contributed by atoms with E-state index in [1.165, 1.54) is 0 Å². The van der Waals surface area contributed by atoms with Gasteiger partial charge in [0.2, 0.25) is 0 Å². The Labute approximate surface area is 158 Å². The summed E-state index contributed by atoms with van der Waals surface area (Å²) in [6.45, 7) is 2.21. The highest BCUT2D eigenvalue weighted by molar-refractivity contribution is 6.06. The highest BCUT2D eigenvalue weighted by Crippen LogP contribution is 2.27. The third-order valence-electron chi connectivity index (χ3n) is 4.61. The van der Waals surface area contributed by atoms with E-state index in [0.29, 0.717) is 24.3 Å². The lowest BCUT2D eigenvalue weighted by atomic mass is 9.97. The Bertz CT molecular complexity index is 840. The summed E-state index contributed by atoms with van der Waals surface area (Å²) in [7, 11) is 0. The molecule has 0 bridgehead atoms. The number of carbonyl (C=O) groups excluding carboxylic acids is 2.